The molecule has 0 aromatic rings. The first-order valence-corrected chi connectivity index (χ1v) is 7.97. The van der Waals surface area contributed by atoms with E-state index in [1.54, 1.807) is 0 Å². The van der Waals surface area contributed by atoms with Crippen LogP contribution in [0.4, 0.5) is 0 Å². The topological polar surface area (TPSA) is 12.0 Å². The van der Waals surface area contributed by atoms with Gasteiger partial charge in [0, 0.05) is 7.05 Å². The maximum Gasteiger partial charge on any atom is 0.00276 e. The second-order valence-corrected chi connectivity index (χ2v) is 5.65. The third kappa shape index (κ3) is 7.75. The highest BCUT2D eigenvalue weighted by molar-refractivity contribution is 5.38. The molecule has 0 aliphatic carbocycles. The van der Waals surface area contributed by atoms with Crippen molar-refractivity contribution < 1.29 is 0 Å². The van der Waals surface area contributed by atoms with Crippen LogP contribution in [0.25, 0.3) is 0 Å². The maximum atomic E-state index is 4.14. The molecule has 1 unspecified atom stereocenters. The Kier molecular flexibility index (Phi) is 10.4. The van der Waals surface area contributed by atoms with Gasteiger partial charge in [-0.2, -0.15) is 0 Å². The van der Waals surface area contributed by atoms with Gasteiger partial charge in [0.05, 0.1) is 0 Å². The lowest BCUT2D eigenvalue weighted by atomic mass is 9.90. The predicted molar refractivity (Wildman–Crippen MR) is 97.3 cm³/mol. The average Bonchev–Trinajstić information content (AvgIpc) is 2.49. The van der Waals surface area contributed by atoms with E-state index in [1.807, 2.05) is 19.3 Å². The molecule has 0 radical (unpaired) electrons. The molecule has 0 bridgehead atoms. The van der Waals surface area contributed by atoms with Crippen LogP contribution in [0.3, 0.4) is 0 Å². The molecule has 118 valence electrons. The third-order valence-corrected chi connectivity index (χ3v) is 4.01. The van der Waals surface area contributed by atoms with Gasteiger partial charge in [-0.05, 0) is 62.8 Å². The molecule has 0 aromatic heterocycles. The summed E-state index contributed by atoms with van der Waals surface area (Å²) in [7, 11) is 1.93. The minimum absolute atomic E-state index is 0.571. The molecule has 0 rings (SSSR count). The van der Waals surface area contributed by atoms with Crippen LogP contribution in [-0.2, 0) is 0 Å². The molecule has 0 saturated heterocycles. The molecule has 21 heavy (non-hydrogen) atoms. The number of hydrogen-bond donors (Lipinski definition) is 1. The van der Waals surface area contributed by atoms with Gasteiger partial charge in [-0.1, -0.05) is 49.8 Å². The molecule has 0 amide bonds. The van der Waals surface area contributed by atoms with Crippen molar-refractivity contribution in [2.45, 2.75) is 53.4 Å². The molecule has 1 N–H and O–H groups in total. The Bertz CT molecular complexity index is 421. The summed E-state index contributed by atoms with van der Waals surface area (Å²) in [5.41, 5.74) is 5.34. The molecule has 0 saturated carbocycles. The lowest BCUT2D eigenvalue weighted by Crippen LogP contribution is -2.00. The molecular weight excluding hydrogens is 254 g/mol. The zero-order chi connectivity index (χ0) is 16.3. The quantitative estimate of drug-likeness (QED) is 0.387. The summed E-state index contributed by atoms with van der Waals surface area (Å²) in [5, 5.41) is 3.03. The summed E-state index contributed by atoms with van der Waals surface area (Å²) in [5.74, 6) is 0.571. The van der Waals surface area contributed by atoms with Crippen molar-refractivity contribution in [3.63, 3.8) is 0 Å². The second kappa shape index (κ2) is 11.2. The van der Waals surface area contributed by atoms with E-state index in [4.69, 9.17) is 0 Å². The van der Waals surface area contributed by atoms with Crippen LogP contribution in [0.1, 0.15) is 53.4 Å². The van der Waals surface area contributed by atoms with Crippen LogP contribution in [0, 0.1) is 5.92 Å². The smallest absolute Gasteiger partial charge is 0.00276 e. The van der Waals surface area contributed by atoms with Crippen LogP contribution < -0.4 is 5.32 Å². The van der Waals surface area contributed by atoms with Crippen molar-refractivity contribution in [2.75, 3.05) is 7.05 Å². The van der Waals surface area contributed by atoms with Gasteiger partial charge < -0.3 is 5.32 Å². The average molecular weight is 287 g/mol. The maximum absolute atomic E-state index is 4.14. The monoisotopic (exact) mass is 287 g/mol. The summed E-state index contributed by atoms with van der Waals surface area (Å²) in [6, 6.07) is 0. The molecule has 0 aliphatic rings. The zero-order valence-corrected chi connectivity index (χ0v) is 14.6. The first-order chi connectivity index (χ1) is 9.97. The Hall–Kier alpha value is -1.50. The van der Waals surface area contributed by atoms with Gasteiger partial charge in [-0.25, -0.2) is 0 Å². The van der Waals surface area contributed by atoms with Gasteiger partial charge in [0.25, 0.3) is 0 Å². The van der Waals surface area contributed by atoms with E-state index in [-0.39, 0.29) is 0 Å². The first-order valence-electron chi connectivity index (χ1n) is 7.97. The Morgan fingerprint density at radius 3 is 2.48 bits per heavy atom. The predicted octanol–water partition coefficient (Wildman–Crippen LogP) is 5.94. The molecule has 0 fully saturated rings. The number of rotatable bonds is 10. The number of nitrogens with one attached hydrogen (secondary N) is 1. The molecule has 1 heteroatoms. The SMILES string of the molecule is C=CC/C(=C\C(C)=C(/C)C(=C)CC)C(C)CC/C=C/NC. The molecular formula is C20H33N. The fourth-order valence-electron chi connectivity index (χ4n) is 2.23. The van der Waals surface area contributed by atoms with Crippen LogP contribution >= 0.6 is 0 Å². The Balaban J connectivity index is 5.02. The summed E-state index contributed by atoms with van der Waals surface area (Å²) in [6.07, 6.45) is 12.8. The fraction of sp³-hybridized carbons (Fsp3) is 0.500. The van der Waals surface area contributed by atoms with E-state index in [0.29, 0.717) is 5.92 Å². The molecule has 0 aliphatic heterocycles. The summed E-state index contributed by atoms with van der Waals surface area (Å²) in [4.78, 5) is 0. The van der Waals surface area contributed by atoms with Crippen molar-refractivity contribution >= 4 is 0 Å². The van der Waals surface area contributed by atoms with E-state index < -0.39 is 0 Å². The van der Waals surface area contributed by atoms with Gasteiger partial charge in [0.15, 0.2) is 0 Å². The van der Waals surface area contributed by atoms with Crippen molar-refractivity contribution in [3.8, 4) is 0 Å². The minimum Gasteiger partial charge on any atom is -0.394 e. The van der Waals surface area contributed by atoms with Crippen molar-refractivity contribution in [3.05, 3.63) is 59.9 Å². The van der Waals surface area contributed by atoms with Crippen LogP contribution in [0.5, 0.6) is 0 Å². The highest BCUT2D eigenvalue weighted by Gasteiger charge is 2.08. The van der Waals surface area contributed by atoms with E-state index in [2.05, 4.69) is 58.3 Å². The highest BCUT2D eigenvalue weighted by atomic mass is 14.8. The first kappa shape index (κ1) is 19.5. The normalized spacial score (nSPS) is 14.8. The number of hydrogen-bond acceptors (Lipinski definition) is 1. The van der Waals surface area contributed by atoms with Gasteiger partial charge in [0.1, 0.15) is 0 Å². The van der Waals surface area contributed by atoms with Gasteiger partial charge in [-0.15, -0.1) is 6.58 Å². The summed E-state index contributed by atoms with van der Waals surface area (Å²) < 4.78 is 0. The molecule has 0 heterocycles. The third-order valence-electron chi connectivity index (χ3n) is 4.01. The summed E-state index contributed by atoms with van der Waals surface area (Å²) in [6.45, 7) is 16.9. The Morgan fingerprint density at radius 2 is 1.95 bits per heavy atom. The molecule has 0 aromatic carbocycles. The van der Waals surface area contributed by atoms with Gasteiger partial charge >= 0.3 is 0 Å². The van der Waals surface area contributed by atoms with Crippen molar-refractivity contribution in [1.82, 2.24) is 5.32 Å². The molecule has 1 nitrogen and oxygen atoms in total. The van der Waals surface area contributed by atoms with E-state index in [1.165, 1.54) is 28.7 Å². The standard InChI is InChI=1S/C20H33N/c1-8-12-20(17(4)13-10-11-14-21-7)15-18(5)19(6)16(3)9-2/h8,11,14-15,17,21H,1,3,9-10,12-13H2,2,4-7H3/b14-11+,19-18+,20-15+. The van der Waals surface area contributed by atoms with Crippen LogP contribution in [-0.4, -0.2) is 7.05 Å². The Morgan fingerprint density at radius 1 is 1.29 bits per heavy atom. The van der Waals surface area contributed by atoms with Gasteiger partial charge in [0.2, 0.25) is 0 Å². The van der Waals surface area contributed by atoms with E-state index in [0.717, 1.165) is 19.3 Å². The van der Waals surface area contributed by atoms with Crippen molar-refractivity contribution in [1.29, 1.82) is 0 Å². The van der Waals surface area contributed by atoms with Gasteiger partial charge in [-0.3, -0.25) is 0 Å². The van der Waals surface area contributed by atoms with Crippen LogP contribution in [0.15, 0.2) is 59.9 Å². The lowest BCUT2D eigenvalue weighted by molar-refractivity contribution is 0.609. The molecule has 0 spiro atoms. The molecule has 1 atom stereocenters. The van der Waals surface area contributed by atoms with Crippen molar-refractivity contribution in [2.24, 2.45) is 5.92 Å². The Labute approximate surface area is 132 Å². The largest absolute Gasteiger partial charge is 0.394 e. The lowest BCUT2D eigenvalue weighted by Gasteiger charge is -2.16. The zero-order valence-electron chi connectivity index (χ0n) is 14.6. The highest BCUT2D eigenvalue weighted by Crippen LogP contribution is 2.24. The van der Waals surface area contributed by atoms with E-state index >= 15 is 0 Å². The number of allylic oxidation sites excluding steroid dienone is 7. The van der Waals surface area contributed by atoms with Crippen LogP contribution in [0.2, 0.25) is 0 Å². The minimum atomic E-state index is 0.571. The second-order valence-electron chi connectivity index (χ2n) is 5.65. The van der Waals surface area contributed by atoms with E-state index in [9.17, 15) is 0 Å². The summed E-state index contributed by atoms with van der Waals surface area (Å²) >= 11 is 0. The fourth-order valence-corrected chi connectivity index (χ4v) is 2.23.